The van der Waals surface area contributed by atoms with E-state index in [9.17, 15) is 9.90 Å². The number of carbonyl (C=O) groups is 1. The Labute approximate surface area is 223 Å². The number of para-hydroxylation sites is 1. The highest BCUT2D eigenvalue weighted by atomic mass is 16.5. The number of benzene rings is 4. The molecule has 0 amide bonds. The van der Waals surface area contributed by atoms with Crippen molar-refractivity contribution >= 4 is 16.7 Å². The fourth-order valence-corrected chi connectivity index (χ4v) is 4.42. The highest BCUT2D eigenvalue weighted by Gasteiger charge is 2.21. The Hall–Kier alpha value is -3.71. The Morgan fingerprint density at radius 2 is 1.61 bits per heavy atom. The Morgan fingerprint density at radius 3 is 2.34 bits per heavy atom. The van der Waals surface area contributed by atoms with Gasteiger partial charge >= 0.3 is 5.97 Å². The number of fused-ring (bicyclic) bond motifs is 1. The highest BCUT2D eigenvalue weighted by molar-refractivity contribution is 5.87. The minimum absolute atomic E-state index is 0.169. The lowest BCUT2D eigenvalue weighted by atomic mass is 9.93. The molecule has 0 spiro atoms. The first-order valence-electron chi connectivity index (χ1n) is 12.8. The third-order valence-electron chi connectivity index (χ3n) is 6.50. The van der Waals surface area contributed by atoms with Crippen molar-refractivity contribution in [2.75, 3.05) is 13.2 Å². The Kier molecular flexibility index (Phi) is 8.79. The van der Waals surface area contributed by atoms with E-state index in [1.165, 1.54) is 28.5 Å². The molecule has 4 aromatic rings. The average molecular weight is 514 g/mol. The molecular weight excluding hydrogens is 478 g/mol. The van der Waals surface area contributed by atoms with Gasteiger partial charge in [0.1, 0.15) is 11.5 Å². The van der Waals surface area contributed by atoms with Crippen LogP contribution in [0.15, 0.2) is 91.0 Å². The number of aliphatic hydroxyl groups excluding tert-OH is 1. The van der Waals surface area contributed by atoms with Gasteiger partial charge in [-0.05, 0) is 73.9 Å². The van der Waals surface area contributed by atoms with Crippen molar-refractivity contribution in [3.63, 3.8) is 0 Å². The fourth-order valence-electron chi connectivity index (χ4n) is 4.42. The molecule has 198 valence electrons. The second kappa shape index (κ2) is 12.2. The van der Waals surface area contributed by atoms with Gasteiger partial charge in [0, 0.05) is 17.6 Å². The molecule has 0 aliphatic heterocycles. The summed E-state index contributed by atoms with van der Waals surface area (Å²) in [4.78, 5) is 11.1. The SMILES string of the molecule is CC(OC[C@@H](O)CNC(C)(C)Cc1ccc2ccccc2c1)c1ccccc1Oc1ccc(C(=O)O)cc1. The molecule has 0 aliphatic carbocycles. The fraction of sp³-hybridized carbons (Fsp3) is 0.281. The lowest BCUT2D eigenvalue weighted by Gasteiger charge is -2.28. The van der Waals surface area contributed by atoms with E-state index in [1.807, 2.05) is 37.3 Å². The normalized spacial score (nSPS) is 13.3. The lowest BCUT2D eigenvalue weighted by Crippen LogP contribution is -2.46. The summed E-state index contributed by atoms with van der Waals surface area (Å²) >= 11 is 0. The molecule has 0 heterocycles. The lowest BCUT2D eigenvalue weighted by molar-refractivity contribution is -0.00481. The van der Waals surface area contributed by atoms with Gasteiger partial charge in [-0.1, -0.05) is 60.7 Å². The summed E-state index contributed by atoms with van der Waals surface area (Å²) in [5, 5.41) is 25.6. The van der Waals surface area contributed by atoms with E-state index in [1.54, 1.807) is 12.1 Å². The Morgan fingerprint density at radius 1 is 0.921 bits per heavy atom. The van der Waals surface area contributed by atoms with E-state index in [0.717, 1.165) is 12.0 Å². The monoisotopic (exact) mass is 513 g/mol. The quantitative estimate of drug-likeness (QED) is 0.204. The van der Waals surface area contributed by atoms with Crippen molar-refractivity contribution in [3.8, 4) is 11.5 Å². The number of nitrogens with one attached hydrogen (secondary N) is 1. The minimum Gasteiger partial charge on any atom is -0.478 e. The van der Waals surface area contributed by atoms with Crippen LogP contribution < -0.4 is 10.1 Å². The summed E-state index contributed by atoms with van der Waals surface area (Å²) < 4.78 is 12.0. The number of aliphatic hydroxyl groups is 1. The largest absolute Gasteiger partial charge is 0.478 e. The Balaban J connectivity index is 1.29. The van der Waals surface area contributed by atoms with E-state index in [-0.39, 0.29) is 23.8 Å². The second-order valence-corrected chi connectivity index (χ2v) is 10.2. The van der Waals surface area contributed by atoms with Crippen LogP contribution in [0.2, 0.25) is 0 Å². The molecule has 4 rings (SSSR count). The average Bonchev–Trinajstić information content (AvgIpc) is 2.91. The van der Waals surface area contributed by atoms with Crippen molar-refractivity contribution in [2.24, 2.45) is 0 Å². The number of rotatable bonds is 12. The number of carboxylic acids is 1. The summed E-state index contributed by atoms with van der Waals surface area (Å²) in [6, 6.07) is 28.7. The molecule has 0 bridgehead atoms. The predicted octanol–water partition coefficient (Wildman–Crippen LogP) is 6.38. The summed E-state index contributed by atoms with van der Waals surface area (Å²) in [5.41, 5.74) is 2.08. The van der Waals surface area contributed by atoms with Crippen LogP contribution in [0, 0.1) is 0 Å². The first kappa shape index (κ1) is 27.3. The molecule has 2 atom stereocenters. The molecule has 0 saturated carbocycles. The van der Waals surface area contributed by atoms with Crippen LogP contribution in [-0.2, 0) is 11.2 Å². The van der Waals surface area contributed by atoms with Crippen molar-refractivity contribution in [3.05, 3.63) is 108 Å². The van der Waals surface area contributed by atoms with Gasteiger partial charge < -0.3 is 25.0 Å². The molecule has 1 unspecified atom stereocenters. The van der Waals surface area contributed by atoms with Crippen LogP contribution in [0.25, 0.3) is 10.8 Å². The summed E-state index contributed by atoms with van der Waals surface area (Å²) in [7, 11) is 0. The molecule has 0 fully saturated rings. The zero-order valence-electron chi connectivity index (χ0n) is 22.1. The molecule has 0 aromatic heterocycles. The minimum atomic E-state index is -0.982. The summed E-state index contributed by atoms with van der Waals surface area (Å²) in [6.45, 7) is 6.76. The van der Waals surface area contributed by atoms with Gasteiger partial charge in [-0.2, -0.15) is 0 Å². The zero-order valence-corrected chi connectivity index (χ0v) is 22.1. The van der Waals surface area contributed by atoms with Gasteiger partial charge in [-0.15, -0.1) is 0 Å². The van der Waals surface area contributed by atoms with E-state index in [4.69, 9.17) is 14.6 Å². The van der Waals surface area contributed by atoms with Crippen LogP contribution in [0.4, 0.5) is 0 Å². The third kappa shape index (κ3) is 7.42. The van der Waals surface area contributed by atoms with Crippen LogP contribution in [0.1, 0.15) is 48.4 Å². The first-order valence-corrected chi connectivity index (χ1v) is 12.8. The summed E-state index contributed by atoms with van der Waals surface area (Å²) in [6.07, 6.45) is -0.158. The van der Waals surface area contributed by atoms with E-state index < -0.39 is 12.1 Å². The molecule has 0 aliphatic rings. The molecule has 6 nitrogen and oxygen atoms in total. The molecule has 4 aromatic carbocycles. The van der Waals surface area contributed by atoms with E-state index in [0.29, 0.717) is 18.0 Å². The third-order valence-corrected chi connectivity index (χ3v) is 6.50. The van der Waals surface area contributed by atoms with Crippen molar-refractivity contribution in [2.45, 2.75) is 44.9 Å². The topological polar surface area (TPSA) is 88.0 Å². The molecular formula is C32H35NO5. The van der Waals surface area contributed by atoms with Gasteiger partial charge in [-0.3, -0.25) is 0 Å². The van der Waals surface area contributed by atoms with Gasteiger partial charge in [0.25, 0.3) is 0 Å². The van der Waals surface area contributed by atoms with Crippen molar-refractivity contribution < 1.29 is 24.5 Å². The van der Waals surface area contributed by atoms with Gasteiger partial charge in [0.05, 0.1) is 24.4 Å². The number of carboxylic acid groups (broad SMARTS) is 1. The number of aromatic carboxylic acids is 1. The molecule has 3 N–H and O–H groups in total. The van der Waals surface area contributed by atoms with Crippen molar-refractivity contribution in [1.29, 1.82) is 0 Å². The second-order valence-electron chi connectivity index (χ2n) is 10.2. The summed E-state index contributed by atoms with van der Waals surface area (Å²) in [5.74, 6) is 0.170. The van der Waals surface area contributed by atoms with Crippen LogP contribution in [0.3, 0.4) is 0 Å². The van der Waals surface area contributed by atoms with Crippen LogP contribution in [-0.4, -0.2) is 41.0 Å². The first-order chi connectivity index (χ1) is 18.2. The van der Waals surface area contributed by atoms with Gasteiger partial charge in [-0.25, -0.2) is 4.79 Å². The highest BCUT2D eigenvalue weighted by Crippen LogP contribution is 2.31. The number of ether oxygens (including phenoxy) is 2. The number of β-amino-alcohol motifs (C(OH)–C–C–N with tert-alkyl or cyclic N) is 1. The molecule has 0 radical (unpaired) electrons. The zero-order chi connectivity index (χ0) is 27.1. The van der Waals surface area contributed by atoms with Crippen LogP contribution in [0.5, 0.6) is 11.5 Å². The van der Waals surface area contributed by atoms with Gasteiger partial charge in [0.2, 0.25) is 0 Å². The maximum Gasteiger partial charge on any atom is 0.335 e. The van der Waals surface area contributed by atoms with E-state index >= 15 is 0 Å². The molecule has 6 heteroatoms. The van der Waals surface area contributed by atoms with Crippen molar-refractivity contribution in [1.82, 2.24) is 5.32 Å². The number of hydrogen-bond donors (Lipinski definition) is 3. The van der Waals surface area contributed by atoms with Gasteiger partial charge in [0.15, 0.2) is 0 Å². The maximum absolute atomic E-state index is 11.1. The standard InChI is InChI=1S/C32H35NO5/c1-22(29-10-6-7-11-30(29)38-28-16-14-25(15-17-28)31(35)36)37-21-27(34)20-33-32(2,3)19-23-12-13-24-8-4-5-9-26(24)18-23/h4-18,22,27,33-34H,19-21H2,1-3H3,(H,35,36)/t22?,27-/m0/s1. The smallest absolute Gasteiger partial charge is 0.335 e. The predicted molar refractivity (Wildman–Crippen MR) is 150 cm³/mol. The Bertz CT molecular complexity index is 1370. The maximum atomic E-state index is 11.1. The number of hydrogen-bond acceptors (Lipinski definition) is 5. The molecule has 0 saturated heterocycles. The van der Waals surface area contributed by atoms with Crippen LogP contribution >= 0.6 is 0 Å². The van der Waals surface area contributed by atoms with E-state index in [2.05, 4.69) is 55.6 Å². The molecule has 38 heavy (non-hydrogen) atoms.